The molecule has 2 aromatic rings. The number of unbranched alkanes of at least 4 members (excludes halogenated alkanes) is 3. The van der Waals surface area contributed by atoms with E-state index >= 15 is 0 Å². The van der Waals surface area contributed by atoms with E-state index in [2.05, 4.69) is 24.3 Å². The highest BCUT2D eigenvalue weighted by Crippen LogP contribution is 2.20. The third kappa shape index (κ3) is 5.73. The van der Waals surface area contributed by atoms with Gasteiger partial charge < -0.3 is 14.3 Å². The average molecular weight is 358 g/mol. The molecule has 2 rings (SSSR count). The number of hydrogen-bond donors (Lipinski definition) is 1. The maximum absolute atomic E-state index is 12.2. The van der Waals surface area contributed by atoms with Gasteiger partial charge in [-0.05, 0) is 38.7 Å². The smallest absolute Gasteiger partial charge is 0.291 e. The minimum Gasteiger partial charge on any atom is -0.468 e. The summed E-state index contributed by atoms with van der Waals surface area (Å²) in [4.78, 5) is 12.2. The molecule has 0 aliphatic carbocycles. The van der Waals surface area contributed by atoms with Crippen molar-refractivity contribution < 1.29 is 14.3 Å². The molecule has 4 nitrogen and oxygen atoms in total. The predicted molar refractivity (Wildman–Crippen MR) is 104 cm³/mol. The van der Waals surface area contributed by atoms with Gasteiger partial charge in [0.15, 0.2) is 5.43 Å². The maximum Gasteiger partial charge on any atom is 0.291 e. The van der Waals surface area contributed by atoms with Crippen molar-refractivity contribution in [3.05, 3.63) is 63.0 Å². The fraction of sp³-hybridized carbons (Fsp3) is 0.500. The molecule has 1 aromatic heterocycles. The van der Waals surface area contributed by atoms with Crippen LogP contribution in [-0.4, -0.2) is 18.3 Å². The minimum atomic E-state index is -0.501. The molecule has 1 aromatic carbocycles. The Balaban J connectivity index is 1.73. The Hall–Kier alpha value is -2.07. The zero-order valence-corrected chi connectivity index (χ0v) is 16.1. The highest BCUT2D eigenvalue weighted by Gasteiger charge is 2.16. The van der Waals surface area contributed by atoms with Crippen molar-refractivity contribution in [1.29, 1.82) is 0 Å². The Morgan fingerprint density at radius 3 is 2.42 bits per heavy atom. The predicted octanol–water partition coefficient (Wildman–Crippen LogP) is 4.36. The van der Waals surface area contributed by atoms with Crippen molar-refractivity contribution in [2.45, 2.75) is 64.9 Å². The van der Waals surface area contributed by atoms with Gasteiger partial charge in [-0.3, -0.25) is 4.79 Å². The standard InChI is InChI=1S/C22H30O4/c1-16-20(26-22(25-3)17(2)21(16)24)15-19(23)14-10-5-4-7-11-18-12-8-6-9-13-18/h6,8-9,12-13,19,23H,4-5,7,10-11,14-15H2,1-3H3. The van der Waals surface area contributed by atoms with Crippen molar-refractivity contribution in [2.24, 2.45) is 0 Å². The maximum atomic E-state index is 12.2. The Bertz CT molecular complexity index is 734. The van der Waals surface area contributed by atoms with E-state index < -0.39 is 6.10 Å². The lowest BCUT2D eigenvalue weighted by atomic mass is 10.0. The average Bonchev–Trinajstić information content (AvgIpc) is 2.65. The van der Waals surface area contributed by atoms with Crippen molar-refractivity contribution in [3.63, 3.8) is 0 Å². The third-order valence-corrected chi connectivity index (χ3v) is 4.82. The second-order valence-corrected chi connectivity index (χ2v) is 6.89. The van der Waals surface area contributed by atoms with Crippen LogP contribution in [0.5, 0.6) is 5.95 Å². The van der Waals surface area contributed by atoms with E-state index in [9.17, 15) is 9.90 Å². The molecule has 1 N–H and O–H groups in total. The van der Waals surface area contributed by atoms with Crippen molar-refractivity contribution >= 4 is 0 Å². The molecule has 0 saturated carbocycles. The van der Waals surface area contributed by atoms with E-state index in [1.807, 2.05) is 6.07 Å². The number of methoxy groups -OCH3 is 1. The Labute approximate surface area is 155 Å². The molecule has 26 heavy (non-hydrogen) atoms. The van der Waals surface area contributed by atoms with E-state index in [0.717, 1.165) is 25.7 Å². The molecule has 0 bridgehead atoms. The molecule has 0 amide bonds. The van der Waals surface area contributed by atoms with Crippen LogP contribution in [0.3, 0.4) is 0 Å². The zero-order valence-electron chi connectivity index (χ0n) is 16.1. The van der Waals surface area contributed by atoms with Gasteiger partial charge in [0.2, 0.25) is 0 Å². The lowest BCUT2D eigenvalue weighted by Gasteiger charge is -2.13. The van der Waals surface area contributed by atoms with Gasteiger partial charge in [0.05, 0.1) is 18.8 Å². The van der Waals surface area contributed by atoms with Gasteiger partial charge in [0.25, 0.3) is 5.95 Å². The van der Waals surface area contributed by atoms with Crippen LogP contribution in [0.4, 0.5) is 0 Å². The summed E-state index contributed by atoms with van der Waals surface area (Å²) in [7, 11) is 1.48. The molecular formula is C22H30O4. The van der Waals surface area contributed by atoms with Crippen LogP contribution >= 0.6 is 0 Å². The van der Waals surface area contributed by atoms with Gasteiger partial charge in [-0.15, -0.1) is 0 Å². The summed E-state index contributed by atoms with van der Waals surface area (Å²) in [5, 5.41) is 10.3. The van der Waals surface area contributed by atoms with Crippen LogP contribution < -0.4 is 10.2 Å². The second-order valence-electron chi connectivity index (χ2n) is 6.89. The summed E-state index contributed by atoms with van der Waals surface area (Å²) in [5.74, 6) is 0.762. The van der Waals surface area contributed by atoms with Crippen LogP contribution in [-0.2, 0) is 12.8 Å². The highest BCUT2D eigenvalue weighted by atomic mass is 16.6. The number of benzene rings is 1. The van der Waals surface area contributed by atoms with Gasteiger partial charge in [-0.25, -0.2) is 0 Å². The van der Waals surface area contributed by atoms with Crippen LogP contribution in [0.25, 0.3) is 0 Å². The lowest BCUT2D eigenvalue weighted by Crippen LogP contribution is -2.17. The Morgan fingerprint density at radius 2 is 1.73 bits per heavy atom. The fourth-order valence-corrected chi connectivity index (χ4v) is 3.18. The minimum absolute atomic E-state index is 0.0730. The number of hydrogen-bond acceptors (Lipinski definition) is 4. The van der Waals surface area contributed by atoms with Gasteiger partial charge in [0, 0.05) is 12.0 Å². The monoisotopic (exact) mass is 358 g/mol. The van der Waals surface area contributed by atoms with Gasteiger partial charge in [0.1, 0.15) is 5.76 Å². The number of aliphatic hydroxyl groups is 1. The van der Waals surface area contributed by atoms with Gasteiger partial charge >= 0.3 is 0 Å². The zero-order chi connectivity index (χ0) is 18.9. The largest absolute Gasteiger partial charge is 0.468 e. The van der Waals surface area contributed by atoms with Crippen molar-refractivity contribution in [2.75, 3.05) is 7.11 Å². The van der Waals surface area contributed by atoms with E-state index in [1.165, 1.54) is 19.1 Å². The summed E-state index contributed by atoms with van der Waals surface area (Å²) >= 11 is 0. The third-order valence-electron chi connectivity index (χ3n) is 4.82. The van der Waals surface area contributed by atoms with Crippen molar-refractivity contribution in [3.8, 4) is 5.95 Å². The Kier molecular flexibility index (Phi) is 7.92. The van der Waals surface area contributed by atoms with Crippen LogP contribution in [0.1, 0.15) is 54.6 Å². The topological polar surface area (TPSA) is 59.7 Å². The highest BCUT2D eigenvalue weighted by molar-refractivity contribution is 5.29. The molecule has 0 aliphatic heterocycles. The molecule has 1 heterocycles. The molecule has 0 spiro atoms. The molecule has 0 aliphatic rings. The van der Waals surface area contributed by atoms with Crippen molar-refractivity contribution in [1.82, 2.24) is 0 Å². The summed E-state index contributed by atoms with van der Waals surface area (Å²) < 4.78 is 10.8. The van der Waals surface area contributed by atoms with Crippen LogP contribution in [0, 0.1) is 13.8 Å². The molecule has 142 valence electrons. The van der Waals surface area contributed by atoms with Crippen LogP contribution in [0.15, 0.2) is 39.5 Å². The first-order valence-corrected chi connectivity index (χ1v) is 9.42. The molecular weight excluding hydrogens is 328 g/mol. The molecule has 4 heteroatoms. The first kappa shape index (κ1) is 20.2. The van der Waals surface area contributed by atoms with E-state index in [0.29, 0.717) is 29.7 Å². The number of rotatable bonds is 10. The molecule has 1 atom stereocenters. The molecule has 1 unspecified atom stereocenters. The van der Waals surface area contributed by atoms with E-state index in [4.69, 9.17) is 9.15 Å². The molecule has 0 fully saturated rings. The van der Waals surface area contributed by atoms with E-state index in [1.54, 1.807) is 13.8 Å². The molecule has 0 radical (unpaired) electrons. The van der Waals surface area contributed by atoms with E-state index in [-0.39, 0.29) is 11.4 Å². The lowest BCUT2D eigenvalue weighted by molar-refractivity contribution is 0.149. The van der Waals surface area contributed by atoms with Gasteiger partial charge in [-0.2, -0.15) is 0 Å². The first-order valence-electron chi connectivity index (χ1n) is 9.42. The van der Waals surface area contributed by atoms with Gasteiger partial charge in [-0.1, -0.05) is 49.6 Å². The number of aryl methyl sites for hydroxylation is 1. The summed E-state index contributed by atoms with van der Waals surface area (Å²) in [6.07, 6.45) is 6.07. The van der Waals surface area contributed by atoms with Crippen LogP contribution in [0.2, 0.25) is 0 Å². The number of aliphatic hydroxyl groups excluding tert-OH is 1. The fourth-order valence-electron chi connectivity index (χ4n) is 3.18. The quantitative estimate of drug-likeness (QED) is 0.641. The summed E-state index contributed by atoms with van der Waals surface area (Å²) in [6, 6.07) is 10.5. The summed E-state index contributed by atoms with van der Waals surface area (Å²) in [6.45, 7) is 3.43. The first-order chi connectivity index (χ1) is 12.5. The normalized spacial score (nSPS) is 12.2. The molecule has 0 saturated heterocycles. The second kappa shape index (κ2) is 10.2. The Morgan fingerprint density at radius 1 is 1.04 bits per heavy atom. The number of ether oxygens (including phenoxy) is 1. The summed E-state index contributed by atoms with van der Waals surface area (Å²) in [5.41, 5.74) is 2.34. The SMILES string of the molecule is COc1oc(CC(O)CCCCCCc2ccccc2)c(C)c(=O)c1C.